The Kier molecular flexibility index (Phi) is 11.9. The van der Waals surface area contributed by atoms with E-state index in [0.29, 0.717) is 11.5 Å². The SMILES string of the molecule is c1ccc(-n2c3ccccc3c3cc(-c4ccc5c(c4)c4ccccc4n5-c4cc5c6c(c4-c4c(-n7c8ccccc8c8cc(-c9ccc%10c(c9)c9ccccc9n%10-c9ccccc9)ccc87)cc7c8c4Oc4ccccc4B8c4ccccc4O7)Oc4ccccc4B6c4ccccc4O5)ccc32)cc1. The van der Waals surface area contributed by atoms with Crippen LogP contribution in [-0.4, -0.2) is 31.7 Å². The summed E-state index contributed by atoms with van der Waals surface area (Å²) in [6.07, 6.45) is 0. The molecule has 106 heavy (non-hydrogen) atoms. The third-order valence-corrected chi connectivity index (χ3v) is 23.0. The molecule has 4 aromatic heterocycles. The van der Waals surface area contributed by atoms with Crippen molar-refractivity contribution in [2.24, 2.45) is 0 Å². The van der Waals surface area contributed by atoms with Gasteiger partial charge in [0.1, 0.15) is 46.0 Å². The van der Waals surface area contributed by atoms with Crippen LogP contribution in [0.25, 0.3) is 143 Å². The molecule has 8 nitrogen and oxygen atoms in total. The normalized spacial score (nSPS) is 13.0. The lowest BCUT2D eigenvalue weighted by Crippen LogP contribution is -2.58. The van der Waals surface area contributed by atoms with Gasteiger partial charge < -0.3 is 37.2 Å². The summed E-state index contributed by atoms with van der Waals surface area (Å²) in [6.45, 7) is -0.509. The van der Waals surface area contributed by atoms with E-state index < -0.39 is 0 Å². The molecule has 0 saturated heterocycles. The molecule has 8 heterocycles. The van der Waals surface area contributed by atoms with Crippen LogP contribution in [0.1, 0.15) is 0 Å². The first kappa shape index (κ1) is 57.7. The highest BCUT2D eigenvalue weighted by Crippen LogP contribution is 2.55. The molecule has 16 aromatic carbocycles. The number of rotatable bonds is 7. The van der Waals surface area contributed by atoms with Gasteiger partial charge >= 0.3 is 0 Å². The second kappa shape index (κ2) is 21.8. The quantitative estimate of drug-likeness (QED) is 0.149. The predicted molar refractivity (Wildman–Crippen MR) is 435 cm³/mol. The van der Waals surface area contributed by atoms with Gasteiger partial charge in [-0.15, -0.1) is 0 Å². The van der Waals surface area contributed by atoms with Crippen molar-refractivity contribution in [3.8, 4) is 102 Å². The number of para-hydroxylation sites is 10. The van der Waals surface area contributed by atoms with Gasteiger partial charge in [-0.2, -0.15) is 0 Å². The van der Waals surface area contributed by atoms with Crippen LogP contribution >= 0.6 is 0 Å². The number of nitrogens with zero attached hydrogens (tertiary/aromatic N) is 4. The maximum Gasteiger partial charge on any atom is 0.260 e. The van der Waals surface area contributed by atoms with Crippen molar-refractivity contribution >= 4 is 133 Å². The van der Waals surface area contributed by atoms with Gasteiger partial charge in [-0.05, 0) is 165 Å². The van der Waals surface area contributed by atoms with Gasteiger partial charge in [0.15, 0.2) is 0 Å². The lowest BCUT2D eigenvalue weighted by Gasteiger charge is -2.37. The summed E-state index contributed by atoms with van der Waals surface area (Å²) < 4.78 is 40.2. The van der Waals surface area contributed by atoms with Crippen molar-refractivity contribution in [1.82, 2.24) is 18.3 Å². The van der Waals surface area contributed by atoms with Gasteiger partial charge in [0.2, 0.25) is 0 Å². The molecular formula is C96H56B2N4O4. The second-order valence-electron chi connectivity index (χ2n) is 28.5. The van der Waals surface area contributed by atoms with E-state index in [4.69, 9.17) is 18.9 Å². The standard InChI is InChI=1S/C96H56B2N4O4/c1-3-23-61(24-4-1)99-75-35-15-7-27-63(75)67-51-57(43-47-79(67)99)59-45-49-81-69(53-59)65-29-9-17-37-77(65)101(81)83-55-89-93-95(105-87-41-21-13-33-73(87)97(93)71-31-11-19-39-85(71)103-89)91(83)92-84(56-90-94-96(92)106-88-42-22-14-34-74(88)98(94)72-32-12-20-40-86(72)104-90)102-78-38-18-10-30-66(78)70-54-60(46-50-82(70)102)58-44-48-80-68(52-58)64-28-8-16-36-76(64)100(80)62-25-5-2-6-26-62/h1-56H. The summed E-state index contributed by atoms with van der Waals surface area (Å²) in [7, 11) is 0. The average molecular weight is 1350 g/mol. The van der Waals surface area contributed by atoms with Crippen molar-refractivity contribution in [2.75, 3.05) is 0 Å². The molecule has 20 aromatic rings. The number of fused-ring (bicyclic) bond motifs is 20. The topological polar surface area (TPSA) is 56.6 Å². The van der Waals surface area contributed by atoms with Crippen molar-refractivity contribution in [3.05, 3.63) is 340 Å². The van der Waals surface area contributed by atoms with Crippen LogP contribution in [0.4, 0.5) is 0 Å². The van der Waals surface area contributed by atoms with Crippen molar-refractivity contribution in [1.29, 1.82) is 0 Å². The lowest BCUT2D eigenvalue weighted by molar-refractivity contribution is 0.460. The number of benzene rings is 16. The molecule has 0 radical (unpaired) electrons. The highest BCUT2D eigenvalue weighted by Gasteiger charge is 2.47. The highest BCUT2D eigenvalue weighted by molar-refractivity contribution is 6.99. The Morgan fingerprint density at radius 1 is 0.198 bits per heavy atom. The average Bonchev–Trinajstić information content (AvgIpc) is 0.987. The Labute approximate surface area is 608 Å². The number of aromatic nitrogens is 4. The molecule has 0 fully saturated rings. The number of hydrogen-bond acceptors (Lipinski definition) is 4. The fourth-order valence-electron chi connectivity index (χ4n) is 18.5. The van der Waals surface area contributed by atoms with E-state index in [-0.39, 0.29) is 13.4 Å². The first-order valence-corrected chi connectivity index (χ1v) is 36.3. The predicted octanol–water partition coefficient (Wildman–Crippen LogP) is 20.5. The Balaban J connectivity index is 0.798. The molecule has 24 rings (SSSR count). The Hall–Kier alpha value is -14.0. The second-order valence-corrected chi connectivity index (χ2v) is 28.5. The molecule has 10 heteroatoms. The van der Waals surface area contributed by atoms with Crippen molar-refractivity contribution in [2.45, 2.75) is 0 Å². The fourth-order valence-corrected chi connectivity index (χ4v) is 18.5. The smallest absolute Gasteiger partial charge is 0.260 e. The van der Waals surface area contributed by atoms with Crippen LogP contribution in [0, 0.1) is 0 Å². The van der Waals surface area contributed by atoms with Crippen molar-refractivity contribution < 1.29 is 18.9 Å². The van der Waals surface area contributed by atoms with E-state index in [2.05, 4.69) is 358 Å². The highest BCUT2D eigenvalue weighted by atomic mass is 16.5. The van der Waals surface area contributed by atoms with Gasteiger partial charge in [0, 0.05) is 77.5 Å². The zero-order valence-electron chi connectivity index (χ0n) is 56.9. The molecule has 0 saturated carbocycles. The third kappa shape index (κ3) is 8.04. The summed E-state index contributed by atoms with van der Waals surface area (Å²) in [6, 6.07) is 123. The molecule has 0 bridgehead atoms. The number of hydrogen-bond donors (Lipinski definition) is 0. The van der Waals surface area contributed by atoms with E-state index in [9.17, 15) is 0 Å². The zero-order chi connectivity index (χ0) is 69.0. The van der Waals surface area contributed by atoms with Gasteiger partial charge in [-0.25, -0.2) is 0 Å². The van der Waals surface area contributed by atoms with E-state index in [1.165, 1.54) is 32.6 Å². The van der Waals surface area contributed by atoms with E-state index in [0.717, 1.165) is 178 Å². The minimum Gasteiger partial charge on any atom is -0.458 e. The summed E-state index contributed by atoms with van der Waals surface area (Å²) in [5, 5.41) is 9.24. The molecule has 0 aliphatic carbocycles. The zero-order valence-corrected chi connectivity index (χ0v) is 56.9. The molecule has 4 aliphatic heterocycles. The first-order chi connectivity index (χ1) is 52.6. The minimum absolute atomic E-state index is 0.254. The Bertz CT molecular complexity index is 6800. The van der Waals surface area contributed by atoms with Crippen LogP contribution in [0.5, 0.6) is 46.0 Å². The maximum atomic E-state index is 7.88. The molecule has 4 aliphatic rings. The maximum absolute atomic E-state index is 7.88. The molecule has 490 valence electrons. The summed E-state index contributed by atoms with van der Waals surface area (Å²) in [5.41, 5.74) is 25.1. The molecular weight excluding hydrogens is 1290 g/mol. The molecule has 0 amide bonds. The third-order valence-electron chi connectivity index (χ3n) is 23.0. The van der Waals surface area contributed by atoms with Gasteiger partial charge in [-0.1, -0.05) is 206 Å². The molecule has 0 unspecified atom stereocenters. The fraction of sp³-hybridized carbons (Fsp3) is 0. The van der Waals surface area contributed by atoms with Crippen molar-refractivity contribution in [3.63, 3.8) is 0 Å². The van der Waals surface area contributed by atoms with Crippen LogP contribution in [0.3, 0.4) is 0 Å². The lowest BCUT2D eigenvalue weighted by atomic mass is 9.34. The summed E-state index contributed by atoms with van der Waals surface area (Å²) >= 11 is 0. The summed E-state index contributed by atoms with van der Waals surface area (Å²) in [4.78, 5) is 0. The molecule has 0 spiro atoms. The van der Waals surface area contributed by atoms with Crippen LogP contribution in [-0.2, 0) is 0 Å². The molecule has 0 atom stereocenters. The minimum atomic E-state index is -0.254. The van der Waals surface area contributed by atoms with Gasteiger partial charge in [0.25, 0.3) is 13.4 Å². The monoisotopic (exact) mass is 1350 g/mol. The van der Waals surface area contributed by atoms with E-state index in [1.807, 2.05) is 0 Å². The largest absolute Gasteiger partial charge is 0.458 e. The van der Waals surface area contributed by atoms with Crippen LogP contribution in [0.2, 0.25) is 0 Å². The van der Waals surface area contributed by atoms with Gasteiger partial charge in [-0.3, -0.25) is 0 Å². The van der Waals surface area contributed by atoms with E-state index >= 15 is 0 Å². The Morgan fingerprint density at radius 3 is 0.802 bits per heavy atom. The molecule has 0 N–H and O–H groups in total. The number of ether oxygens (including phenoxy) is 4. The Morgan fingerprint density at radius 2 is 0.462 bits per heavy atom. The summed E-state index contributed by atoms with van der Waals surface area (Å²) in [5.74, 6) is 6.00. The van der Waals surface area contributed by atoms with Gasteiger partial charge in [0.05, 0.1) is 66.6 Å². The first-order valence-electron chi connectivity index (χ1n) is 36.3. The van der Waals surface area contributed by atoms with E-state index in [1.54, 1.807) is 0 Å². The van der Waals surface area contributed by atoms with Crippen LogP contribution in [0.15, 0.2) is 340 Å². The van der Waals surface area contributed by atoms with Crippen LogP contribution < -0.4 is 51.7 Å².